The van der Waals surface area contributed by atoms with Gasteiger partial charge < -0.3 is 14.6 Å². The van der Waals surface area contributed by atoms with Crippen molar-refractivity contribution in [3.05, 3.63) is 23.7 Å². The van der Waals surface area contributed by atoms with Gasteiger partial charge in [-0.3, -0.25) is 4.79 Å². The van der Waals surface area contributed by atoms with E-state index in [2.05, 4.69) is 0 Å². The van der Waals surface area contributed by atoms with E-state index in [-0.39, 0.29) is 11.5 Å². The monoisotopic (exact) mass is 248 g/mol. The molecule has 0 unspecified atom stereocenters. The van der Waals surface area contributed by atoms with Crippen LogP contribution < -0.4 is 0 Å². The first kappa shape index (κ1) is 12.2. The summed E-state index contributed by atoms with van der Waals surface area (Å²) in [5, 5.41) is 16.8. The normalized spacial score (nSPS) is 11.2. The van der Waals surface area contributed by atoms with Gasteiger partial charge in [0.15, 0.2) is 9.84 Å². The van der Waals surface area contributed by atoms with Gasteiger partial charge in [0.2, 0.25) is 5.76 Å². The first-order valence-electron chi connectivity index (χ1n) is 4.04. The van der Waals surface area contributed by atoms with Gasteiger partial charge in [-0.05, 0) is 12.1 Å². The molecule has 2 N–H and O–H groups in total. The highest BCUT2D eigenvalue weighted by molar-refractivity contribution is 7.91. The predicted octanol–water partition coefficient (Wildman–Crippen LogP) is -0.0228. The fraction of sp³-hybridized carbons (Fsp3) is 0.250. The van der Waals surface area contributed by atoms with Crippen LogP contribution in [0.4, 0.5) is 0 Å². The number of aliphatic carboxylic acids is 1. The first-order chi connectivity index (χ1) is 7.30. The van der Waals surface area contributed by atoms with Crippen LogP contribution in [0.1, 0.15) is 16.3 Å². The average Bonchev–Trinajstić information content (AvgIpc) is 2.48. The minimum atomic E-state index is -3.83. The molecule has 7 nitrogen and oxygen atoms in total. The Morgan fingerprint density at radius 2 is 1.88 bits per heavy atom. The molecule has 0 aliphatic heterocycles. The van der Waals surface area contributed by atoms with Crippen LogP contribution in [-0.2, 0) is 20.4 Å². The topological polar surface area (TPSA) is 122 Å². The largest absolute Gasteiger partial charge is 0.480 e. The van der Waals surface area contributed by atoms with Crippen LogP contribution in [0.25, 0.3) is 0 Å². The minimum absolute atomic E-state index is 0.0985. The first-order valence-corrected chi connectivity index (χ1v) is 5.86. The molecule has 0 aromatic carbocycles. The van der Waals surface area contributed by atoms with Crippen molar-refractivity contribution >= 4 is 21.8 Å². The highest BCUT2D eigenvalue weighted by atomic mass is 32.2. The molecule has 88 valence electrons. The second kappa shape index (κ2) is 4.35. The maximum absolute atomic E-state index is 11.2. The highest BCUT2D eigenvalue weighted by Gasteiger charge is 2.19. The minimum Gasteiger partial charge on any atom is -0.480 e. The van der Waals surface area contributed by atoms with Gasteiger partial charge >= 0.3 is 11.9 Å². The molecule has 1 heterocycles. The third-order valence-corrected chi connectivity index (χ3v) is 2.99. The van der Waals surface area contributed by atoms with E-state index >= 15 is 0 Å². The molecule has 0 spiro atoms. The second-order valence-corrected chi connectivity index (χ2v) is 5.06. The van der Waals surface area contributed by atoms with Gasteiger partial charge in [0.1, 0.15) is 17.3 Å². The Labute approximate surface area is 90.2 Å². The third-order valence-electron chi connectivity index (χ3n) is 1.58. The van der Waals surface area contributed by atoms with E-state index in [1.807, 2.05) is 0 Å². The number of carboxylic acids is 2. The fourth-order valence-corrected chi connectivity index (χ4v) is 2.09. The molecular formula is C8H8O7S. The Hall–Kier alpha value is -1.83. The van der Waals surface area contributed by atoms with Crippen molar-refractivity contribution in [2.45, 2.75) is 5.75 Å². The summed E-state index contributed by atoms with van der Waals surface area (Å²) in [5.74, 6) is -4.92. The van der Waals surface area contributed by atoms with Gasteiger partial charge in [-0.1, -0.05) is 0 Å². The number of aromatic carboxylic acids is 1. The molecule has 0 saturated carbocycles. The van der Waals surface area contributed by atoms with Gasteiger partial charge in [0.25, 0.3) is 0 Å². The summed E-state index contributed by atoms with van der Waals surface area (Å²) in [7, 11) is -3.83. The number of hydrogen-bond acceptors (Lipinski definition) is 5. The molecule has 0 saturated heterocycles. The average molecular weight is 248 g/mol. The van der Waals surface area contributed by atoms with E-state index < -0.39 is 33.3 Å². The molecule has 0 aliphatic rings. The van der Waals surface area contributed by atoms with Crippen molar-refractivity contribution in [3.8, 4) is 0 Å². The molecule has 0 aliphatic carbocycles. The summed E-state index contributed by atoms with van der Waals surface area (Å²) in [6.45, 7) is 0. The van der Waals surface area contributed by atoms with Crippen molar-refractivity contribution in [1.29, 1.82) is 0 Å². The molecule has 0 atom stereocenters. The zero-order chi connectivity index (χ0) is 12.3. The maximum Gasteiger partial charge on any atom is 0.371 e. The molecule has 1 rings (SSSR count). The molecule has 1 aromatic heterocycles. The van der Waals surface area contributed by atoms with Crippen LogP contribution in [0.3, 0.4) is 0 Å². The summed E-state index contributed by atoms with van der Waals surface area (Å²) in [5.41, 5.74) is 0. The van der Waals surface area contributed by atoms with Gasteiger partial charge in [-0.2, -0.15) is 0 Å². The summed E-state index contributed by atoms with van der Waals surface area (Å²) < 4.78 is 27.1. The van der Waals surface area contributed by atoms with E-state index in [4.69, 9.17) is 14.6 Å². The van der Waals surface area contributed by atoms with E-state index in [0.29, 0.717) is 0 Å². The molecule has 0 bridgehead atoms. The smallest absolute Gasteiger partial charge is 0.371 e. The number of hydrogen-bond donors (Lipinski definition) is 2. The molecule has 1 aromatic rings. The van der Waals surface area contributed by atoms with Gasteiger partial charge in [0.05, 0.1) is 0 Å². The number of carbonyl (C=O) groups is 2. The van der Waals surface area contributed by atoms with E-state index in [0.717, 1.165) is 6.07 Å². The maximum atomic E-state index is 11.2. The number of rotatable bonds is 5. The Morgan fingerprint density at radius 3 is 2.31 bits per heavy atom. The molecule has 0 fully saturated rings. The Morgan fingerprint density at radius 1 is 1.25 bits per heavy atom. The lowest BCUT2D eigenvalue weighted by Gasteiger charge is -1.97. The van der Waals surface area contributed by atoms with Crippen molar-refractivity contribution in [2.75, 3.05) is 5.75 Å². The summed E-state index contributed by atoms with van der Waals surface area (Å²) in [6.07, 6.45) is 0. The molecule has 8 heteroatoms. The second-order valence-electron chi connectivity index (χ2n) is 3.00. The molecule has 0 radical (unpaired) electrons. The lowest BCUT2D eigenvalue weighted by Crippen LogP contribution is -2.16. The molecule has 16 heavy (non-hydrogen) atoms. The van der Waals surface area contributed by atoms with E-state index in [1.54, 1.807) is 0 Å². The Balaban J connectivity index is 2.80. The number of carboxylic acid groups (broad SMARTS) is 2. The van der Waals surface area contributed by atoms with E-state index in [9.17, 15) is 18.0 Å². The Bertz CT molecular complexity index is 510. The zero-order valence-corrected chi connectivity index (χ0v) is 8.73. The molecular weight excluding hydrogens is 240 g/mol. The standard InChI is InChI=1S/C8H8O7S/c9-7(10)4-16(13,14)3-5-1-2-6(15-5)8(11)12/h1-2H,3-4H2,(H,9,10)(H,11,12). The number of furan rings is 1. The van der Waals surface area contributed by atoms with Crippen molar-refractivity contribution in [2.24, 2.45) is 0 Å². The van der Waals surface area contributed by atoms with Crippen LogP contribution in [-0.4, -0.2) is 36.3 Å². The van der Waals surface area contributed by atoms with Crippen molar-refractivity contribution in [1.82, 2.24) is 0 Å². The summed E-state index contributed by atoms with van der Waals surface area (Å²) >= 11 is 0. The van der Waals surface area contributed by atoms with Crippen molar-refractivity contribution in [3.63, 3.8) is 0 Å². The van der Waals surface area contributed by atoms with E-state index in [1.165, 1.54) is 6.07 Å². The van der Waals surface area contributed by atoms with Crippen LogP contribution in [0.5, 0.6) is 0 Å². The lowest BCUT2D eigenvalue weighted by molar-refractivity contribution is -0.134. The van der Waals surface area contributed by atoms with Crippen LogP contribution in [0.2, 0.25) is 0 Å². The third kappa shape index (κ3) is 3.39. The van der Waals surface area contributed by atoms with Crippen LogP contribution in [0.15, 0.2) is 16.5 Å². The molecule has 0 amide bonds. The zero-order valence-electron chi connectivity index (χ0n) is 7.91. The Kier molecular flexibility index (Phi) is 3.33. The van der Waals surface area contributed by atoms with Gasteiger partial charge in [-0.25, -0.2) is 13.2 Å². The lowest BCUT2D eigenvalue weighted by atomic mass is 10.4. The predicted molar refractivity (Wildman–Crippen MR) is 50.8 cm³/mol. The fourth-order valence-electron chi connectivity index (χ4n) is 1.03. The summed E-state index contributed by atoms with van der Waals surface area (Å²) in [6, 6.07) is 2.29. The van der Waals surface area contributed by atoms with Crippen LogP contribution in [0, 0.1) is 0 Å². The quantitative estimate of drug-likeness (QED) is 0.750. The summed E-state index contributed by atoms with van der Waals surface area (Å²) in [4.78, 5) is 20.6. The van der Waals surface area contributed by atoms with Crippen LogP contribution >= 0.6 is 0 Å². The highest BCUT2D eigenvalue weighted by Crippen LogP contribution is 2.11. The number of sulfone groups is 1. The van der Waals surface area contributed by atoms with Crippen molar-refractivity contribution < 1.29 is 32.6 Å². The van der Waals surface area contributed by atoms with Gasteiger partial charge in [-0.15, -0.1) is 0 Å². The van der Waals surface area contributed by atoms with Gasteiger partial charge in [0, 0.05) is 0 Å². The SMILES string of the molecule is O=C(O)CS(=O)(=O)Cc1ccc(C(=O)O)o1.